The van der Waals surface area contributed by atoms with Crippen LogP contribution in [0.3, 0.4) is 0 Å². The number of para-hydroxylation sites is 2. The molecule has 2 aromatic rings. The number of anilines is 1. The maximum atomic E-state index is 12.4. The van der Waals surface area contributed by atoms with Crippen molar-refractivity contribution < 1.29 is 19.1 Å². The Labute approximate surface area is 163 Å². The second kappa shape index (κ2) is 8.91. The molecule has 144 valence electrons. The Bertz CT molecular complexity index is 899. The van der Waals surface area contributed by atoms with Crippen LogP contribution in [0.4, 0.5) is 5.69 Å². The van der Waals surface area contributed by atoms with Gasteiger partial charge in [-0.3, -0.25) is 4.79 Å². The molecule has 1 amide bonds. The van der Waals surface area contributed by atoms with Gasteiger partial charge < -0.3 is 19.3 Å². The van der Waals surface area contributed by atoms with Crippen LogP contribution in [-0.2, 0) is 9.53 Å². The van der Waals surface area contributed by atoms with Gasteiger partial charge in [0, 0.05) is 26.2 Å². The highest BCUT2D eigenvalue weighted by Crippen LogP contribution is 2.28. The van der Waals surface area contributed by atoms with E-state index in [-0.39, 0.29) is 18.1 Å². The summed E-state index contributed by atoms with van der Waals surface area (Å²) in [5.74, 6) is -0.0432. The molecular weight excluding hydrogens is 358 g/mol. The van der Waals surface area contributed by atoms with E-state index in [1.165, 1.54) is 6.07 Å². The number of methoxy groups -OCH3 is 1. The number of hydrogen-bond donors (Lipinski definition) is 0. The van der Waals surface area contributed by atoms with Crippen molar-refractivity contribution in [3.8, 4) is 11.8 Å². The largest absolute Gasteiger partial charge is 0.495 e. The monoisotopic (exact) mass is 379 g/mol. The number of benzene rings is 2. The molecule has 0 unspecified atom stereocenters. The highest BCUT2D eigenvalue weighted by atomic mass is 16.5. The minimum Gasteiger partial charge on any atom is -0.495 e. The standard InChI is InChI=1S/C21H21N3O4/c1-27-19-8-3-2-7-18(19)23-9-11-24(12-10-23)20(25)15-28-21(26)17-6-4-5-16(13-17)14-22/h2-8,13H,9-12,15H2,1H3. The van der Waals surface area contributed by atoms with Crippen molar-refractivity contribution in [1.29, 1.82) is 5.26 Å². The smallest absolute Gasteiger partial charge is 0.338 e. The van der Waals surface area contributed by atoms with Gasteiger partial charge in [-0.15, -0.1) is 0 Å². The summed E-state index contributed by atoms with van der Waals surface area (Å²) in [6.45, 7) is 2.11. The molecule has 0 aliphatic carbocycles. The molecule has 7 nitrogen and oxygen atoms in total. The van der Waals surface area contributed by atoms with Crippen LogP contribution in [0, 0.1) is 11.3 Å². The van der Waals surface area contributed by atoms with Gasteiger partial charge in [0.1, 0.15) is 5.75 Å². The third-order valence-corrected chi connectivity index (χ3v) is 4.61. The van der Waals surface area contributed by atoms with Crippen LogP contribution >= 0.6 is 0 Å². The first-order chi connectivity index (χ1) is 13.6. The second-order valence-electron chi connectivity index (χ2n) is 6.31. The van der Waals surface area contributed by atoms with E-state index in [2.05, 4.69) is 4.90 Å². The molecule has 0 bridgehead atoms. The molecule has 0 N–H and O–H groups in total. The summed E-state index contributed by atoms with van der Waals surface area (Å²) in [6, 6.07) is 15.9. The van der Waals surface area contributed by atoms with Crippen molar-refractivity contribution in [2.75, 3.05) is 44.8 Å². The van der Waals surface area contributed by atoms with Gasteiger partial charge in [-0.25, -0.2) is 4.79 Å². The molecule has 1 aliphatic heterocycles. The minimum absolute atomic E-state index is 0.232. The van der Waals surface area contributed by atoms with Gasteiger partial charge in [-0.2, -0.15) is 5.26 Å². The fourth-order valence-electron chi connectivity index (χ4n) is 3.11. The van der Waals surface area contributed by atoms with Gasteiger partial charge in [0.2, 0.25) is 0 Å². The van der Waals surface area contributed by atoms with E-state index in [1.807, 2.05) is 30.3 Å². The predicted octanol–water partition coefficient (Wildman–Crippen LogP) is 2.07. The van der Waals surface area contributed by atoms with Gasteiger partial charge in [-0.05, 0) is 30.3 Å². The topological polar surface area (TPSA) is 82.9 Å². The van der Waals surface area contributed by atoms with Crippen LogP contribution in [0.5, 0.6) is 5.75 Å². The quantitative estimate of drug-likeness (QED) is 0.740. The van der Waals surface area contributed by atoms with E-state index in [0.717, 1.165) is 11.4 Å². The number of carbonyl (C=O) groups is 2. The van der Waals surface area contributed by atoms with Gasteiger partial charge in [0.05, 0.1) is 30.0 Å². The third kappa shape index (κ3) is 4.41. The predicted molar refractivity (Wildman–Crippen MR) is 103 cm³/mol. The van der Waals surface area contributed by atoms with Gasteiger partial charge in [-0.1, -0.05) is 18.2 Å². The number of nitriles is 1. The highest BCUT2D eigenvalue weighted by Gasteiger charge is 2.23. The minimum atomic E-state index is -0.613. The Morgan fingerprint density at radius 3 is 2.54 bits per heavy atom. The molecule has 0 aromatic heterocycles. The number of piperazine rings is 1. The van der Waals surface area contributed by atoms with E-state index in [0.29, 0.717) is 31.7 Å². The maximum absolute atomic E-state index is 12.4. The van der Waals surface area contributed by atoms with Crippen molar-refractivity contribution >= 4 is 17.6 Å². The van der Waals surface area contributed by atoms with Crippen LogP contribution in [0.25, 0.3) is 0 Å². The Balaban J connectivity index is 1.51. The number of ether oxygens (including phenoxy) is 2. The fraction of sp³-hybridized carbons (Fsp3) is 0.286. The summed E-state index contributed by atoms with van der Waals surface area (Å²) in [5, 5.41) is 8.89. The summed E-state index contributed by atoms with van der Waals surface area (Å²) in [4.78, 5) is 28.3. The van der Waals surface area contributed by atoms with Crippen LogP contribution in [0.15, 0.2) is 48.5 Å². The molecular formula is C21H21N3O4. The zero-order valence-corrected chi connectivity index (χ0v) is 15.6. The molecule has 0 atom stereocenters. The van der Waals surface area contributed by atoms with Crippen LogP contribution in [0.1, 0.15) is 15.9 Å². The molecule has 1 fully saturated rings. The number of hydrogen-bond acceptors (Lipinski definition) is 6. The molecule has 1 aliphatic rings. The summed E-state index contributed by atoms with van der Waals surface area (Å²) in [7, 11) is 1.64. The normalized spacial score (nSPS) is 13.6. The number of esters is 1. The SMILES string of the molecule is COc1ccccc1N1CCN(C(=O)COC(=O)c2cccc(C#N)c2)CC1. The van der Waals surface area contributed by atoms with E-state index in [1.54, 1.807) is 30.2 Å². The lowest BCUT2D eigenvalue weighted by Crippen LogP contribution is -2.50. The Hall–Kier alpha value is -3.53. The first-order valence-corrected chi connectivity index (χ1v) is 8.95. The fourth-order valence-corrected chi connectivity index (χ4v) is 3.11. The van der Waals surface area contributed by atoms with Gasteiger partial charge >= 0.3 is 5.97 Å². The summed E-state index contributed by atoms with van der Waals surface area (Å²) in [6.07, 6.45) is 0. The summed E-state index contributed by atoms with van der Waals surface area (Å²) < 4.78 is 10.5. The number of rotatable bonds is 5. The zero-order valence-electron chi connectivity index (χ0n) is 15.6. The van der Waals surface area contributed by atoms with Crippen LogP contribution in [0.2, 0.25) is 0 Å². The maximum Gasteiger partial charge on any atom is 0.338 e. The van der Waals surface area contributed by atoms with Crippen molar-refractivity contribution in [3.05, 3.63) is 59.7 Å². The molecule has 3 rings (SSSR count). The van der Waals surface area contributed by atoms with Crippen LogP contribution < -0.4 is 9.64 Å². The first kappa shape index (κ1) is 19.2. The Morgan fingerprint density at radius 1 is 1.07 bits per heavy atom. The van der Waals surface area contributed by atoms with Crippen molar-refractivity contribution in [2.24, 2.45) is 0 Å². The average molecular weight is 379 g/mol. The lowest BCUT2D eigenvalue weighted by Gasteiger charge is -2.36. The second-order valence-corrected chi connectivity index (χ2v) is 6.31. The van der Waals surface area contributed by atoms with Crippen molar-refractivity contribution in [3.63, 3.8) is 0 Å². The molecule has 0 radical (unpaired) electrons. The number of carbonyl (C=O) groups excluding carboxylic acids is 2. The average Bonchev–Trinajstić information content (AvgIpc) is 2.77. The molecule has 0 spiro atoms. The van der Waals surface area contributed by atoms with Crippen molar-refractivity contribution in [2.45, 2.75) is 0 Å². The molecule has 2 aromatic carbocycles. The van der Waals surface area contributed by atoms with Crippen LogP contribution in [-0.4, -0.2) is 56.7 Å². The Kier molecular flexibility index (Phi) is 6.12. The molecule has 1 saturated heterocycles. The molecule has 0 saturated carbocycles. The van der Waals surface area contributed by atoms with Crippen molar-refractivity contribution in [1.82, 2.24) is 4.90 Å². The summed E-state index contributed by atoms with van der Waals surface area (Å²) >= 11 is 0. The molecule has 1 heterocycles. The van der Waals surface area contributed by atoms with E-state index >= 15 is 0 Å². The lowest BCUT2D eigenvalue weighted by molar-refractivity contribution is -0.134. The van der Waals surface area contributed by atoms with E-state index in [4.69, 9.17) is 14.7 Å². The summed E-state index contributed by atoms with van der Waals surface area (Å²) in [5.41, 5.74) is 1.63. The lowest BCUT2D eigenvalue weighted by atomic mass is 10.1. The molecule has 7 heteroatoms. The third-order valence-electron chi connectivity index (χ3n) is 4.61. The molecule has 28 heavy (non-hydrogen) atoms. The van der Waals surface area contributed by atoms with Gasteiger partial charge in [0.25, 0.3) is 5.91 Å². The van der Waals surface area contributed by atoms with E-state index < -0.39 is 5.97 Å². The zero-order chi connectivity index (χ0) is 19.9. The van der Waals surface area contributed by atoms with Gasteiger partial charge in [0.15, 0.2) is 6.61 Å². The first-order valence-electron chi connectivity index (χ1n) is 8.95. The highest BCUT2D eigenvalue weighted by molar-refractivity contribution is 5.91. The Morgan fingerprint density at radius 2 is 1.82 bits per heavy atom. The number of nitrogens with zero attached hydrogens (tertiary/aromatic N) is 3. The number of amides is 1. The van der Waals surface area contributed by atoms with E-state index in [9.17, 15) is 9.59 Å².